The van der Waals surface area contributed by atoms with Crippen LogP contribution in [0.15, 0.2) is 34.9 Å². The second-order valence-electron chi connectivity index (χ2n) is 4.57. The van der Waals surface area contributed by atoms with Gasteiger partial charge in [0, 0.05) is 24.2 Å². The van der Waals surface area contributed by atoms with Gasteiger partial charge < -0.3 is 14.6 Å². The maximum Gasteiger partial charge on any atom is 0.167 e. The molecule has 4 heteroatoms. The number of benzene rings is 1. The van der Waals surface area contributed by atoms with Gasteiger partial charge in [-0.3, -0.25) is 0 Å². The fraction of sp³-hybridized carbons (Fsp3) is 0.357. The number of nitrogens with one attached hydrogen (secondary N) is 1. The largest absolute Gasteiger partial charge is 0.497 e. The molecule has 3 rings (SSSR count). The first-order chi connectivity index (χ1) is 8.85. The maximum atomic E-state index is 5.35. The molecule has 94 valence electrons. The molecule has 1 N–H and O–H groups in total. The molecule has 0 amide bonds. The fourth-order valence-corrected chi connectivity index (χ4v) is 1.82. The van der Waals surface area contributed by atoms with Crippen molar-refractivity contribution < 1.29 is 9.26 Å². The number of hydrogen-bond donors (Lipinski definition) is 1. The zero-order valence-corrected chi connectivity index (χ0v) is 10.3. The highest BCUT2D eigenvalue weighted by Gasteiger charge is 2.20. The van der Waals surface area contributed by atoms with E-state index in [1.165, 1.54) is 12.8 Å². The van der Waals surface area contributed by atoms with Crippen molar-refractivity contribution in [2.75, 3.05) is 7.11 Å². The molecule has 1 aliphatic rings. The summed E-state index contributed by atoms with van der Waals surface area (Å²) in [6, 6.07) is 10.4. The van der Waals surface area contributed by atoms with E-state index in [1.54, 1.807) is 7.11 Å². The zero-order chi connectivity index (χ0) is 12.4. The van der Waals surface area contributed by atoms with E-state index in [-0.39, 0.29) is 0 Å². The van der Waals surface area contributed by atoms with Crippen LogP contribution in [-0.4, -0.2) is 18.3 Å². The lowest BCUT2D eigenvalue weighted by atomic mass is 10.1. The molecule has 4 nitrogen and oxygen atoms in total. The number of aromatic nitrogens is 1. The standard InChI is InChI=1S/C14H16N2O2/c1-17-13-6-2-10(3-7-13)14-8-12(16-18-14)9-15-11-4-5-11/h2-3,6-8,11,15H,4-5,9H2,1H3. The molecule has 0 atom stereocenters. The molecule has 0 spiro atoms. The molecule has 18 heavy (non-hydrogen) atoms. The Hall–Kier alpha value is -1.81. The lowest BCUT2D eigenvalue weighted by Gasteiger charge is -1.99. The Morgan fingerprint density at radius 1 is 1.33 bits per heavy atom. The summed E-state index contributed by atoms with van der Waals surface area (Å²) in [5.41, 5.74) is 1.97. The van der Waals surface area contributed by atoms with Crippen molar-refractivity contribution in [3.8, 4) is 17.1 Å². The molecule has 1 aromatic carbocycles. The molecule has 1 heterocycles. The predicted molar refractivity (Wildman–Crippen MR) is 68.4 cm³/mol. The van der Waals surface area contributed by atoms with Gasteiger partial charge in [-0.1, -0.05) is 5.16 Å². The third-order valence-electron chi connectivity index (χ3n) is 3.08. The number of ether oxygens (including phenoxy) is 1. The molecule has 0 aliphatic heterocycles. The van der Waals surface area contributed by atoms with Crippen LogP contribution in [-0.2, 0) is 6.54 Å². The van der Waals surface area contributed by atoms with Gasteiger partial charge in [-0.2, -0.15) is 0 Å². The number of hydrogen-bond acceptors (Lipinski definition) is 4. The topological polar surface area (TPSA) is 47.3 Å². The Bertz CT molecular complexity index is 515. The van der Waals surface area contributed by atoms with Crippen molar-refractivity contribution >= 4 is 0 Å². The first-order valence-electron chi connectivity index (χ1n) is 6.18. The first kappa shape index (κ1) is 11.3. The van der Waals surface area contributed by atoms with Crippen molar-refractivity contribution in [2.45, 2.75) is 25.4 Å². The predicted octanol–water partition coefficient (Wildman–Crippen LogP) is 2.60. The molecule has 1 aliphatic carbocycles. The van der Waals surface area contributed by atoms with E-state index in [9.17, 15) is 0 Å². The molecule has 0 radical (unpaired) electrons. The van der Waals surface area contributed by atoms with Crippen molar-refractivity contribution in [2.24, 2.45) is 0 Å². The average Bonchev–Trinajstić information content (AvgIpc) is 3.14. The van der Waals surface area contributed by atoms with Crippen molar-refractivity contribution in [3.63, 3.8) is 0 Å². The van der Waals surface area contributed by atoms with Crippen LogP contribution in [0.5, 0.6) is 5.75 Å². The van der Waals surface area contributed by atoms with Crippen LogP contribution in [0.2, 0.25) is 0 Å². The SMILES string of the molecule is COc1ccc(-c2cc(CNC3CC3)no2)cc1. The van der Waals surface area contributed by atoms with Crippen molar-refractivity contribution in [1.29, 1.82) is 0 Å². The highest BCUT2D eigenvalue weighted by Crippen LogP contribution is 2.24. The second-order valence-corrected chi connectivity index (χ2v) is 4.57. The van der Waals surface area contributed by atoms with Crippen molar-refractivity contribution in [1.82, 2.24) is 10.5 Å². The minimum atomic E-state index is 0.686. The minimum absolute atomic E-state index is 0.686. The molecular formula is C14H16N2O2. The highest BCUT2D eigenvalue weighted by atomic mass is 16.5. The molecular weight excluding hydrogens is 228 g/mol. The number of rotatable bonds is 5. The Morgan fingerprint density at radius 2 is 2.11 bits per heavy atom. The number of methoxy groups -OCH3 is 1. The van der Waals surface area contributed by atoms with Gasteiger partial charge in [-0.05, 0) is 37.1 Å². The quantitative estimate of drug-likeness (QED) is 0.878. The third kappa shape index (κ3) is 2.54. The van der Waals surface area contributed by atoms with E-state index >= 15 is 0 Å². The molecule has 2 aromatic rings. The van der Waals surface area contributed by atoms with Crippen LogP contribution < -0.4 is 10.1 Å². The van der Waals surface area contributed by atoms with Crippen LogP contribution in [0.1, 0.15) is 18.5 Å². The van der Waals surface area contributed by atoms with E-state index in [0.717, 1.165) is 29.3 Å². The van der Waals surface area contributed by atoms with Gasteiger partial charge in [-0.25, -0.2) is 0 Å². The van der Waals surface area contributed by atoms with E-state index in [0.29, 0.717) is 6.04 Å². The molecule has 1 aromatic heterocycles. The van der Waals surface area contributed by atoms with Gasteiger partial charge in [0.2, 0.25) is 0 Å². The Balaban J connectivity index is 1.70. The third-order valence-corrected chi connectivity index (χ3v) is 3.08. The second kappa shape index (κ2) is 4.82. The van der Waals surface area contributed by atoms with Gasteiger partial charge in [-0.15, -0.1) is 0 Å². The van der Waals surface area contributed by atoms with Gasteiger partial charge in [0.1, 0.15) is 5.75 Å². The molecule has 0 saturated heterocycles. The molecule has 1 fully saturated rings. The van der Waals surface area contributed by atoms with Crippen LogP contribution in [0, 0.1) is 0 Å². The van der Waals surface area contributed by atoms with Gasteiger partial charge in [0.05, 0.1) is 12.8 Å². The summed E-state index contributed by atoms with van der Waals surface area (Å²) in [4.78, 5) is 0. The van der Waals surface area contributed by atoms with E-state index in [1.807, 2.05) is 30.3 Å². The van der Waals surface area contributed by atoms with E-state index in [4.69, 9.17) is 9.26 Å². The van der Waals surface area contributed by atoms with Crippen LogP contribution >= 0.6 is 0 Å². The minimum Gasteiger partial charge on any atom is -0.497 e. The van der Waals surface area contributed by atoms with Crippen molar-refractivity contribution in [3.05, 3.63) is 36.0 Å². The normalized spacial score (nSPS) is 14.7. The zero-order valence-electron chi connectivity index (χ0n) is 10.3. The summed E-state index contributed by atoms with van der Waals surface area (Å²) in [5, 5.41) is 7.48. The van der Waals surface area contributed by atoms with Crippen LogP contribution in [0.25, 0.3) is 11.3 Å². The lowest BCUT2D eigenvalue weighted by molar-refractivity contribution is 0.413. The first-order valence-corrected chi connectivity index (χ1v) is 6.18. The fourth-order valence-electron chi connectivity index (χ4n) is 1.82. The van der Waals surface area contributed by atoms with Crippen LogP contribution in [0.3, 0.4) is 0 Å². The summed E-state index contributed by atoms with van der Waals surface area (Å²) >= 11 is 0. The van der Waals surface area contributed by atoms with E-state index < -0.39 is 0 Å². The Kier molecular flexibility index (Phi) is 3.02. The van der Waals surface area contributed by atoms with Gasteiger partial charge in [0.15, 0.2) is 5.76 Å². The summed E-state index contributed by atoms with van der Waals surface area (Å²) < 4.78 is 10.5. The number of nitrogens with zero attached hydrogens (tertiary/aromatic N) is 1. The maximum absolute atomic E-state index is 5.35. The van der Waals surface area contributed by atoms with Crippen LogP contribution in [0.4, 0.5) is 0 Å². The Labute approximate surface area is 106 Å². The Morgan fingerprint density at radius 3 is 2.78 bits per heavy atom. The molecule has 0 unspecified atom stereocenters. The molecule has 1 saturated carbocycles. The summed E-state index contributed by atoms with van der Waals surface area (Å²) in [6.07, 6.45) is 2.56. The molecule has 0 bridgehead atoms. The monoisotopic (exact) mass is 244 g/mol. The summed E-state index contributed by atoms with van der Waals surface area (Å²) in [5.74, 6) is 1.64. The summed E-state index contributed by atoms with van der Waals surface area (Å²) in [7, 11) is 1.66. The lowest BCUT2D eigenvalue weighted by Crippen LogP contribution is -2.15. The van der Waals surface area contributed by atoms with Gasteiger partial charge in [0.25, 0.3) is 0 Å². The summed E-state index contributed by atoms with van der Waals surface area (Å²) in [6.45, 7) is 0.782. The highest BCUT2D eigenvalue weighted by molar-refractivity contribution is 5.58. The smallest absolute Gasteiger partial charge is 0.167 e. The average molecular weight is 244 g/mol. The van der Waals surface area contributed by atoms with Gasteiger partial charge >= 0.3 is 0 Å². The van der Waals surface area contributed by atoms with E-state index in [2.05, 4.69) is 10.5 Å².